The fourth-order valence-corrected chi connectivity index (χ4v) is 4.15. The average molecular weight is 368 g/mol. The number of rotatable bonds is 7. The van der Waals surface area contributed by atoms with Crippen molar-refractivity contribution in [1.29, 1.82) is 0 Å². The number of hydrogen-bond donors (Lipinski definition) is 2. The first-order valence-electron chi connectivity index (χ1n) is 9.91. The maximum absolute atomic E-state index is 12.7. The largest absolute Gasteiger partial charge is 0.383 e. The lowest BCUT2D eigenvalue weighted by Crippen LogP contribution is -2.52. The second-order valence-electron chi connectivity index (χ2n) is 7.87. The van der Waals surface area contributed by atoms with E-state index in [1.807, 2.05) is 14.1 Å². The van der Waals surface area contributed by atoms with Gasteiger partial charge in [-0.05, 0) is 25.7 Å². The summed E-state index contributed by atoms with van der Waals surface area (Å²) in [4.78, 5) is 21.3. The smallest absolute Gasteiger partial charge is 0.230 e. The third kappa shape index (κ3) is 5.58. The zero-order valence-electron chi connectivity index (χ0n) is 17.0. The van der Waals surface area contributed by atoms with Gasteiger partial charge in [0, 0.05) is 60.5 Å². The van der Waals surface area contributed by atoms with Crippen LogP contribution in [0, 0.1) is 5.41 Å². The van der Waals surface area contributed by atoms with Gasteiger partial charge in [0.05, 0.1) is 12.0 Å². The molecule has 2 rings (SSSR count). The minimum atomic E-state index is -0.273. The van der Waals surface area contributed by atoms with E-state index in [1.165, 1.54) is 0 Å². The highest BCUT2D eigenvalue weighted by Gasteiger charge is 2.42. The van der Waals surface area contributed by atoms with Crippen molar-refractivity contribution in [3.05, 3.63) is 0 Å². The topological polar surface area (TPSA) is 69.2 Å². The van der Waals surface area contributed by atoms with Crippen LogP contribution in [-0.2, 0) is 9.53 Å². The fraction of sp³-hybridized carbons (Fsp3) is 0.895. The van der Waals surface area contributed by atoms with Crippen molar-refractivity contribution in [1.82, 2.24) is 20.4 Å². The number of piperidine rings is 1. The number of nitrogens with one attached hydrogen (secondary N) is 2. The summed E-state index contributed by atoms with van der Waals surface area (Å²) in [6.07, 6.45) is 6.40. The molecule has 1 aliphatic heterocycles. The molecular formula is C19H37N5O2. The van der Waals surface area contributed by atoms with Crippen molar-refractivity contribution < 1.29 is 9.53 Å². The third-order valence-corrected chi connectivity index (χ3v) is 5.78. The fourth-order valence-electron chi connectivity index (χ4n) is 4.15. The molecule has 0 unspecified atom stereocenters. The highest BCUT2D eigenvalue weighted by atomic mass is 16.5. The summed E-state index contributed by atoms with van der Waals surface area (Å²) < 4.78 is 5.16. The lowest BCUT2D eigenvalue weighted by Gasteiger charge is -2.34. The lowest BCUT2D eigenvalue weighted by molar-refractivity contribution is -0.138. The lowest BCUT2D eigenvalue weighted by atomic mass is 9.84. The molecule has 0 aromatic heterocycles. The Labute approximate surface area is 158 Å². The van der Waals surface area contributed by atoms with E-state index < -0.39 is 0 Å². The van der Waals surface area contributed by atoms with Crippen LogP contribution in [-0.4, -0.2) is 88.7 Å². The Balaban J connectivity index is 1.81. The zero-order valence-corrected chi connectivity index (χ0v) is 17.0. The van der Waals surface area contributed by atoms with E-state index >= 15 is 0 Å². The number of likely N-dealkylation sites (tertiary alicyclic amines) is 1. The Morgan fingerprint density at radius 3 is 2.46 bits per heavy atom. The summed E-state index contributed by atoms with van der Waals surface area (Å²) in [5.74, 6) is 1.06. The van der Waals surface area contributed by atoms with E-state index in [-0.39, 0.29) is 11.3 Å². The minimum absolute atomic E-state index is 0.240. The molecule has 0 radical (unpaired) electrons. The van der Waals surface area contributed by atoms with E-state index in [9.17, 15) is 4.79 Å². The summed E-state index contributed by atoms with van der Waals surface area (Å²) in [6.45, 7) is 4.63. The number of hydrogen-bond acceptors (Lipinski definition) is 4. The highest BCUT2D eigenvalue weighted by Crippen LogP contribution is 2.38. The molecule has 1 saturated carbocycles. The molecule has 7 nitrogen and oxygen atoms in total. The Hall–Kier alpha value is -1.34. The van der Waals surface area contributed by atoms with Crippen LogP contribution in [0.5, 0.6) is 0 Å². The van der Waals surface area contributed by atoms with Gasteiger partial charge < -0.3 is 25.2 Å². The molecule has 1 aliphatic carbocycles. The van der Waals surface area contributed by atoms with Gasteiger partial charge in [0.15, 0.2) is 5.96 Å². The summed E-state index contributed by atoms with van der Waals surface area (Å²) in [5.41, 5.74) is -0.273. The number of methoxy groups -OCH3 is 1. The van der Waals surface area contributed by atoms with Gasteiger partial charge in [-0.1, -0.05) is 12.8 Å². The Kier molecular flexibility index (Phi) is 8.15. The predicted molar refractivity (Wildman–Crippen MR) is 105 cm³/mol. The monoisotopic (exact) mass is 367 g/mol. The summed E-state index contributed by atoms with van der Waals surface area (Å²) in [7, 11) is 7.26. The van der Waals surface area contributed by atoms with Crippen LogP contribution in [0.1, 0.15) is 38.5 Å². The van der Waals surface area contributed by atoms with Crippen LogP contribution < -0.4 is 10.6 Å². The van der Waals surface area contributed by atoms with Gasteiger partial charge in [-0.25, -0.2) is 0 Å². The molecule has 2 N–H and O–H groups in total. The number of guanidine groups is 1. The van der Waals surface area contributed by atoms with E-state index in [0.717, 1.165) is 70.7 Å². The summed E-state index contributed by atoms with van der Waals surface area (Å²) in [6, 6.07) is 0.434. The minimum Gasteiger partial charge on any atom is -0.383 e. The molecule has 0 spiro atoms. The molecule has 0 aromatic rings. The molecule has 0 bridgehead atoms. The molecule has 1 saturated heterocycles. The van der Waals surface area contributed by atoms with Crippen molar-refractivity contribution in [2.24, 2.45) is 10.4 Å². The van der Waals surface area contributed by atoms with Crippen LogP contribution in [0.2, 0.25) is 0 Å². The van der Waals surface area contributed by atoms with Gasteiger partial charge in [-0.15, -0.1) is 0 Å². The number of carbonyl (C=O) groups excluding carboxylic acids is 1. The summed E-state index contributed by atoms with van der Waals surface area (Å²) in [5, 5.41) is 6.99. The number of amides is 1. The zero-order chi connectivity index (χ0) is 19.0. The highest BCUT2D eigenvalue weighted by molar-refractivity contribution is 5.85. The normalized spacial score (nSPS) is 21.6. The van der Waals surface area contributed by atoms with Gasteiger partial charge >= 0.3 is 0 Å². The van der Waals surface area contributed by atoms with Gasteiger partial charge in [-0.3, -0.25) is 9.79 Å². The first-order chi connectivity index (χ1) is 12.5. The maximum atomic E-state index is 12.7. The van der Waals surface area contributed by atoms with Crippen LogP contribution in [0.3, 0.4) is 0 Å². The molecule has 7 heteroatoms. The predicted octanol–water partition coefficient (Wildman–Crippen LogP) is 0.911. The van der Waals surface area contributed by atoms with E-state index in [0.29, 0.717) is 12.6 Å². The SMILES string of the molecule is CN=C(NCC1(C(=O)N(C)C)CCCC1)NC1CCN(CCOC)CC1. The second-order valence-corrected chi connectivity index (χ2v) is 7.87. The molecule has 26 heavy (non-hydrogen) atoms. The van der Waals surface area contributed by atoms with Crippen LogP contribution in [0.4, 0.5) is 0 Å². The Morgan fingerprint density at radius 2 is 1.92 bits per heavy atom. The first-order valence-corrected chi connectivity index (χ1v) is 9.91. The van der Waals surface area contributed by atoms with Crippen molar-refractivity contribution in [2.75, 3.05) is 61.0 Å². The van der Waals surface area contributed by atoms with Gasteiger partial charge in [0.1, 0.15) is 0 Å². The quantitative estimate of drug-likeness (QED) is 0.517. The molecule has 1 amide bonds. The Morgan fingerprint density at radius 1 is 1.27 bits per heavy atom. The van der Waals surface area contributed by atoms with Crippen molar-refractivity contribution in [3.63, 3.8) is 0 Å². The second kappa shape index (κ2) is 10.1. The van der Waals surface area contributed by atoms with Crippen molar-refractivity contribution in [3.8, 4) is 0 Å². The third-order valence-electron chi connectivity index (χ3n) is 5.78. The van der Waals surface area contributed by atoms with E-state index in [4.69, 9.17) is 4.74 Å². The molecule has 0 atom stereocenters. The van der Waals surface area contributed by atoms with Crippen molar-refractivity contribution in [2.45, 2.75) is 44.6 Å². The number of aliphatic imine (C=N–C) groups is 1. The maximum Gasteiger partial charge on any atom is 0.230 e. The van der Waals surface area contributed by atoms with Crippen molar-refractivity contribution >= 4 is 11.9 Å². The molecule has 2 fully saturated rings. The van der Waals surface area contributed by atoms with E-state index in [1.54, 1.807) is 19.1 Å². The molecule has 150 valence electrons. The van der Waals surface area contributed by atoms with Crippen LogP contribution in [0.25, 0.3) is 0 Å². The summed E-state index contributed by atoms with van der Waals surface area (Å²) >= 11 is 0. The molecular weight excluding hydrogens is 330 g/mol. The molecule has 2 aliphatic rings. The van der Waals surface area contributed by atoms with Crippen LogP contribution >= 0.6 is 0 Å². The average Bonchev–Trinajstić information content (AvgIpc) is 3.13. The number of carbonyl (C=O) groups is 1. The van der Waals surface area contributed by atoms with E-state index in [2.05, 4.69) is 20.5 Å². The number of ether oxygens (including phenoxy) is 1. The first kappa shape index (κ1) is 21.0. The van der Waals surface area contributed by atoms with Crippen LogP contribution in [0.15, 0.2) is 4.99 Å². The number of nitrogens with zero attached hydrogens (tertiary/aromatic N) is 3. The van der Waals surface area contributed by atoms with Gasteiger partial charge in [0.2, 0.25) is 5.91 Å². The van der Waals surface area contributed by atoms with Gasteiger partial charge in [-0.2, -0.15) is 0 Å². The Bertz CT molecular complexity index is 467. The molecule has 1 heterocycles. The standard InChI is InChI=1S/C19H37N5O2/c1-20-18(22-16-7-11-24(12-8-16)13-14-26-4)21-15-19(9-5-6-10-19)17(25)23(2)3/h16H,5-15H2,1-4H3,(H2,20,21,22). The van der Waals surface area contributed by atoms with Gasteiger partial charge in [0.25, 0.3) is 0 Å². The molecule has 0 aromatic carbocycles.